The Labute approximate surface area is 357 Å². The lowest BCUT2D eigenvalue weighted by Gasteiger charge is -2.42. The van der Waals surface area contributed by atoms with Crippen LogP contribution in [0.1, 0.15) is 87.9 Å². The number of likely N-dealkylation sites (tertiary alicyclic amines) is 1. The Morgan fingerprint density at radius 3 is 2.17 bits per heavy atom. The molecule has 1 aromatic heterocycles. The molecule has 0 radical (unpaired) electrons. The first-order valence-corrected chi connectivity index (χ1v) is 26.4. The Kier molecular flexibility index (Phi) is 16.3. The van der Waals surface area contributed by atoms with E-state index in [0.717, 1.165) is 47.0 Å². The number of carbonyl (C=O) groups excluding carboxylic acids is 5. The molecule has 0 bridgehead atoms. The number of alkyl halides is 2. The minimum Gasteiger partial charge on any atom is -0.340 e. The van der Waals surface area contributed by atoms with Crippen molar-refractivity contribution in [1.29, 1.82) is 4.78 Å². The van der Waals surface area contributed by atoms with Crippen molar-refractivity contribution in [1.82, 2.24) is 15.1 Å². The Balaban J connectivity index is 1.27. The van der Waals surface area contributed by atoms with E-state index in [1.54, 1.807) is 9.80 Å². The molecule has 0 aliphatic carbocycles. The van der Waals surface area contributed by atoms with Gasteiger partial charge in [0.05, 0.1) is 18.1 Å². The highest BCUT2D eigenvalue weighted by Gasteiger charge is 2.55. The fraction of sp³-hybridized carbons (Fsp3) is 0.667. The summed E-state index contributed by atoms with van der Waals surface area (Å²) in [5, 5.41) is 2.80. The number of benzene rings is 1. The summed E-state index contributed by atoms with van der Waals surface area (Å²) in [6, 6.07) is 3.32. The average molecular weight is 921 g/mol. The van der Waals surface area contributed by atoms with E-state index in [1.807, 2.05) is 27.7 Å². The summed E-state index contributed by atoms with van der Waals surface area (Å²) < 4.78 is 77.4. The van der Waals surface area contributed by atoms with Gasteiger partial charge in [-0.3, -0.25) is 37.5 Å². The van der Waals surface area contributed by atoms with Gasteiger partial charge in [-0.1, -0.05) is 57.3 Å². The molecule has 4 atom stereocenters. The maximum absolute atomic E-state index is 16.3. The molecule has 2 unspecified atom stereocenters. The molecule has 3 amide bonds. The van der Waals surface area contributed by atoms with Gasteiger partial charge < -0.3 is 24.2 Å². The van der Waals surface area contributed by atoms with Gasteiger partial charge in [-0.2, -0.15) is 8.78 Å². The standard InChI is InChI=1S/C39H55F2N4O9PS4/c1-24(2)17-34(46)56-15-13-53-55(51,54-14-16-57-35(47)18-25(3)4)39(40,41)28-9-12-32-27(19-28)20-33(58-32)36(48)43-30-8-6-7-29-10-11-31(45(29)37(30)49)38(50)44-21-26(22-44)23-59(5,42)52/h9,12,19-20,24-26,29-31,42H,6-8,10-11,13-18,21-23H2,1-5H3,(H,43,48)/t29-,30?,31-,59?/m0/s1. The van der Waals surface area contributed by atoms with E-state index >= 15 is 8.78 Å². The molecule has 2 aromatic rings. The van der Waals surface area contributed by atoms with Crippen molar-refractivity contribution in [3.05, 3.63) is 34.7 Å². The number of thioether (sulfide) groups is 2. The normalized spacial score (nSPS) is 21.4. The molecule has 3 fully saturated rings. The van der Waals surface area contributed by atoms with Gasteiger partial charge in [-0.15, -0.1) is 11.3 Å². The first-order valence-electron chi connectivity index (χ1n) is 19.9. The van der Waals surface area contributed by atoms with Gasteiger partial charge in [0, 0.05) is 81.4 Å². The molecule has 3 aliphatic rings. The minimum absolute atomic E-state index is 0.0177. The first-order chi connectivity index (χ1) is 27.7. The van der Waals surface area contributed by atoms with Crippen LogP contribution in [0, 0.1) is 22.5 Å². The monoisotopic (exact) mass is 920 g/mol. The summed E-state index contributed by atoms with van der Waals surface area (Å²) in [4.78, 5) is 68.9. The number of halogens is 2. The van der Waals surface area contributed by atoms with Crippen molar-refractivity contribution >= 4 is 90.2 Å². The molecule has 2 N–H and O–H groups in total. The summed E-state index contributed by atoms with van der Waals surface area (Å²) in [6.07, 6.45) is 4.81. The van der Waals surface area contributed by atoms with Crippen molar-refractivity contribution in [2.24, 2.45) is 17.8 Å². The van der Waals surface area contributed by atoms with Gasteiger partial charge in [-0.25, -0.2) is 0 Å². The number of hydrogen-bond donors (Lipinski definition) is 2. The zero-order chi connectivity index (χ0) is 43.3. The number of amides is 3. The number of carbonyl (C=O) groups is 5. The van der Waals surface area contributed by atoms with Gasteiger partial charge in [0.1, 0.15) is 12.1 Å². The maximum atomic E-state index is 16.3. The molecule has 5 rings (SSSR count). The number of nitrogens with zero attached hydrogens (tertiary/aromatic N) is 2. The van der Waals surface area contributed by atoms with Crippen molar-refractivity contribution in [3.63, 3.8) is 0 Å². The summed E-state index contributed by atoms with van der Waals surface area (Å²) in [7, 11) is -7.91. The van der Waals surface area contributed by atoms with Crippen LogP contribution in [-0.4, -0.2) is 110 Å². The molecule has 328 valence electrons. The van der Waals surface area contributed by atoms with E-state index < -0.39 is 59.8 Å². The number of rotatable bonds is 19. The van der Waals surface area contributed by atoms with Crippen molar-refractivity contribution in [2.45, 2.75) is 96.4 Å². The number of fused-ring (bicyclic) bond motifs is 2. The topological polar surface area (TPSA) is 180 Å². The fourth-order valence-corrected chi connectivity index (χ4v) is 13.1. The highest BCUT2D eigenvalue weighted by molar-refractivity contribution is 8.13. The lowest BCUT2D eigenvalue weighted by Crippen LogP contribution is -2.60. The van der Waals surface area contributed by atoms with Crippen molar-refractivity contribution < 1.29 is 50.6 Å². The number of nitrogens with one attached hydrogen (secondary N) is 2. The predicted molar refractivity (Wildman–Crippen MR) is 230 cm³/mol. The molecule has 3 saturated heterocycles. The number of hydrogen-bond acceptors (Lipinski definition) is 13. The fourth-order valence-electron chi connectivity index (χ4n) is 7.59. The Hall–Kier alpha value is -2.41. The third-order valence-electron chi connectivity index (χ3n) is 10.3. The second-order valence-corrected chi connectivity index (χ2v) is 24.2. The Morgan fingerprint density at radius 1 is 0.983 bits per heavy atom. The average Bonchev–Trinajstić information content (AvgIpc) is 3.72. The number of thiophene rings is 1. The van der Waals surface area contributed by atoms with Gasteiger partial charge in [0.15, 0.2) is 10.2 Å². The Bertz CT molecular complexity index is 2010. The third kappa shape index (κ3) is 12.4. The van der Waals surface area contributed by atoms with Crippen LogP contribution in [-0.2, 0) is 48.2 Å². The molecule has 4 heterocycles. The zero-order valence-electron chi connectivity index (χ0n) is 34.1. The summed E-state index contributed by atoms with van der Waals surface area (Å²) in [5.41, 5.74) is -4.81. The van der Waals surface area contributed by atoms with Crippen LogP contribution in [0.5, 0.6) is 0 Å². The van der Waals surface area contributed by atoms with Gasteiger partial charge in [0.2, 0.25) is 11.8 Å². The molecule has 3 aliphatic heterocycles. The highest BCUT2D eigenvalue weighted by atomic mass is 32.2. The van der Waals surface area contributed by atoms with E-state index in [0.29, 0.717) is 49.9 Å². The third-order valence-corrected chi connectivity index (χ3v) is 16.2. The van der Waals surface area contributed by atoms with E-state index in [1.165, 1.54) is 18.4 Å². The molecular formula is C39H55F2N4O9PS4. The summed E-state index contributed by atoms with van der Waals surface area (Å²) in [5.74, 6) is -0.726. The smallest absolute Gasteiger partial charge is 0.340 e. The second-order valence-electron chi connectivity index (χ2n) is 16.4. The van der Waals surface area contributed by atoms with Crippen LogP contribution in [0.15, 0.2) is 24.3 Å². The molecule has 1 aromatic carbocycles. The molecule has 0 saturated carbocycles. The van der Waals surface area contributed by atoms with Crippen LogP contribution >= 0.6 is 42.5 Å². The SMILES string of the molecule is CC(C)CC(=O)SCCOP(=O)(OCCSC(=O)CC(C)C)C(F)(F)c1ccc2sc(C(=O)NC3CCC[C@H]4CC[C@@H](C(=O)N5CC(CS(C)(=N)=O)C5)N4C3=O)cc2c1. The molecule has 0 spiro atoms. The predicted octanol–water partition coefficient (Wildman–Crippen LogP) is 7.57. The van der Waals surface area contributed by atoms with E-state index in [2.05, 4.69) is 5.32 Å². The highest BCUT2D eigenvalue weighted by Crippen LogP contribution is 2.67. The first kappa shape index (κ1) is 47.6. The van der Waals surface area contributed by atoms with Crippen LogP contribution in [0.4, 0.5) is 8.78 Å². The van der Waals surface area contributed by atoms with Crippen LogP contribution < -0.4 is 5.32 Å². The van der Waals surface area contributed by atoms with E-state index in [4.69, 9.17) is 13.8 Å². The minimum atomic E-state index is -5.23. The largest absolute Gasteiger partial charge is 0.404 e. The zero-order valence-corrected chi connectivity index (χ0v) is 38.2. The van der Waals surface area contributed by atoms with Gasteiger partial charge in [0.25, 0.3) is 5.91 Å². The van der Waals surface area contributed by atoms with Crippen molar-refractivity contribution in [2.75, 3.05) is 49.8 Å². The van der Waals surface area contributed by atoms with Crippen LogP contribution in [0.3, 0.4) is 0 Å². The van der Waals surface area contributed by atoms with E-state index in [9.17, 15) is 32.7 Å². The van der Waals surface area contributed by atoms with Crippen LogP contribution in [0.2, 0.25) is 0 Å². The van der Waals surface area contributed by atoms with Gasteiger partial charge in [-0.05, 0) is 67.5 Å². The second kappa shape index (κ2) is 20.2. The lowest BCUT2D eigenvalue weighted by molar-refractivity contribution is -0.149. The maximum Gasteiger partial charge on any atom is 0.404 e. The molecular weight excluding hydrogens is 866 g/mol. The molecule has 59 heavy (non-hydrogen) atoms. The molecule has 13 nitrogen and oxygen atoms in total. The van der Waals surface area contributed by atoms with Crippen LogP contribution in [0.25, 0.3) is 10.1 Å². The summed E-state index contributed by atoms with van der Waals surface area (Å²) in [6.45, 7) is 7.39. The van der Waals surface area contributed by atoms with E-state index in [-0.39, 0.29) is 86.2 Å². The lowest BCUT2D eigenvalue weighted by atomic mass is 10.00. The van der Waals surface area contributed by atoms with Gasteiger partial charge >= 0.3 is 13.3 Å². The van der Waals surface area contributed by atoms with Crippen molar-refractivity contribution in [3.8, 4) is 0 Å². The Morgan fingerprint density at radius 2 is 1.59 bits per heavy atom. The quantitative estimate of drug-likeness (QED) is 0.105. The molecule has 20 heteroatoms. The summed E-state index contributed by atoms with van der Waals surface area (Å²) >= 11 is 2.84.